The van der Waals surface area contributed by atoms with Gasteiger partial charge in [-0.25, -0.2) is 4.39 Å². The van der Waals surface area contributed by atoms with Crippen molar-refractivity contribution in [2.45, 2.75) is 32.9 Å². The Labute approximate surface area is 133 Å². The van der Waals surface area contributed by atoms with Gasteiger partial charge in [-0.1, -0.05) is 0 Å². The smallest absolute Gasteiger partial charge is 0.276 e. The lowest BCUT2D eigenvalue weighted by Crippen LogP contribution is -2.25. The highest BCUT2D eigenvalue weighted by Gasteiger charge is 2.22. The van der Waals surface area contributed by atoms with Crippen molar-refractivity contribution in [1.82, 2.24) is 15.5 Å². The van der Waals surface area contributed by atoms with Gasteiger partial charge in [0, 0.05) is 36.8 Å². The minimum Gasteiger partial charge on any atom is -0.489 e. The molecule has 2 heterocycles. The van der Waals surface area contributed by atoms with Gasteiger partial charge < -0.3 is 15.4 Å². The molecular formula is C16H19FN4O2. The lowest BCUT2D eigenvalue weighted by Gasteiger charge is -2.16. The molecule has 0 atom stereocenters. The first-order valence-electron chi connectivity index (χ1n) is 7.59. The number of hydrogen-bond acceptors (Lipinski definition) is 4. The molecule has 0 bridgehead atoms. The summed E-state index contributed by atoms with van der Waals surface area (Å²) in [5.41, 5.74) is 2.44. The van der Waals surface area contributed by atoms with Crippen molar-refractivity contribution in [3.63, 3.8) is 0 Å². The van der Waals surface area contributed by atoms with Crippen LogP contribution < -0.4 is 15.4 Å². The number of carbonyl (C=O) groups is 1. The van der Waals surface area contributed by atoms with Gasteiger partial charge in [0.1, 0.15) is 11.6 Å². The number of nitrogens with one attached hydrogen (secondary N) is 3. The van der Waals surface area contributed by atoms with Gasteiger partial charge in [-0.15, -0.1) is 0 Å². The van der Waals surface area contributed by atoms with Crippen LogP contribution >= 0.6 is 0 Å². The number of hydrogen-bond donors (Lipinski definition) is 3. The average Bonchev–Trinajstić information content (AvgIpc) is 2.93. The molecule has 3 N–H and O–H groups in total. The van der Waals surface area contributed by atoms with E-state index in [-0.39, 0.29) is 12.0 Å². The molecule has 0 saturated heterocycles. The highest BCUT2D eigenvalue weighted by Crippen LogP contribution is 2.27. The summed E-state index contributed by atoms with van der Waals surface area (Å²) in [7, 11) is 0. The van der Waals surface area contributed by atoms with Gasteiger partial charge in [0.05, 0.1) is 11.8 Å². The van der Waals surface area contributed by atoms with Crippen molar-refractivity contribution >= 4 is 11.6 Å². The monoisotopic (exact) mass is 318 g/mol. The van der Waals surface area contributed by atoms with E-state index in [1.54, 1.807) is 0 Å². The fraction of sp³-hybridized carbons (Fsp3) is 0.375. The third-order valence-corrected chi connectivity index (χ3v) is 3.57. The van der Waals surface area contributed by atoms with E-state index in [9.17, 15) is 9.18 Å². The van der Waals surface area contributed by atoms with Gasteiger partial charge in [-0.3, -0.25) is 9.89 Å². The maximum absolute atomic E-state index is 13.5. The zero-order valence-electron chi connectivity index (χ0n) is 13.1. The van der Waals surface area contributed by atoms with E-state index in [1.165, 1.54) is 18.2 Å². The molecule has 0 spiro atoms. The molecule has 0 radical (unpaired) electrons. The van der Waals surface area contributed by atoms with Crippen LogP contribution in [0.15, 0.2) is 18.2 Å². The predicted octanol–water partition coefficient (Wildman–Crippen LogP) is 2.23. The molecule has 6 nitrogen and oxygen atoms in total. The van der Waals surface area contributed by atoms with Gasteiger partial charge in [0.2, 0.25) is 0 Å². The number of ether oxygens (including phenoxy) is 1. The van der Waals surface area contributed by atoms with Crippen LogP contribution in [0, 0.1) is 5.82 Å². The molecule has 0 saturated carbocycles. The predicted molar refractivity (Wildman–Crippen MR) is 84.1 cm³/mol. The second-order valence-electron chi connectivity index (χ2n) is 5.72. The van der Waals surface area contributed by atoms with Crippen LogP contribution in [0.5, 0.6) is 5.75 Å². The van der Waals surface area contributed by atoms with Gasteiger partial charge in [-0.05, 0) is 26.0 Å². The molecule has 7 heteroatoms. The van der Waals surface area contributed by atoms with Crippen LogP contribution in [0.4, 0.5) is 10.1 Å². The number of nitrogens with zero attached hydrogens (tertiary/aromatic N) is 1. The number of aromatic amines is 1. The summed E-state index contributed by atoms with van der Waals surface area (Å²) >= 11 is 0. The standard InChI is InChI=1S/C16H19FN4O2/c1-9(2)23-14-4-3-10(17)7-13(14)19-16(22)15-11-8-18-6-5-12(11)20-21-15/h3-4,7,9,18H,5-6,8H2,1-2H3,(H,19,22)(H,20,21). The van der Waals surface area contributed by atoms with Crippen LogP contribution in [-0.4, -0.2) is 28.8 Å². The van der Waals surface area contributed by atoms with E-state index in [1.807, 2.05) is 13.8 Å². The molecular weight excluding hydrogens is 299 g/mol. The van der Waals surface area contributed by atoms with E-state index in [4.69, 9.17) is 4.74 Å². The van der Waals surface area contributed by atoms with Crippen molar-refractivity contribution in [1.29, 1.82) is 0 Å². The van der Waals surface area contributed by atoms with Crippen molar-refractivity contribution in [2.24, 2.45) is 0 Å². The molecule has 0 fully saturated rings. The van der Waals surface area contributed by atoms with Crippen LogP contribution in [0.3, 0.4) is 0 Å². The Bertz CT molecular complexity index is 727. The number of benzene rings is 1. The second-order valence-corrected chi connectivity index (χ2v) is 5.72. The van der Waals surface area contributed by atoms with Crippen molar-refractivity contribution in [3.8, 4) is 5.75 Å². The average molecular weight is 318 g/mol. The Morgan fingerprint density at radius 3 is 3.04 bits per heavy atom. The molecule has 1 aliphatic heterocycles. The molecule has 1 aromatic carbocycles. The lowest BCUT2D eigenvalue weighted by atomic mass is 10.1. The molecule has 0 unspecified atom stereocenters. The second kappa shape index (κ2) is 6.37. The first kappa shape index (κ1) is 15.5. The van der Waals surface area contributed by atoms with Crippen LogP contribution in [-0.2, 0) is 13.0 Å². The van der Waals surface area contributed by atoms with E-state index in [0.717, 1.165) is 24.2 Å². The first-order valence-corrected chi connectivity index (χ1v) is 7.59. The third kappa shape index (κ3) is 3.34. The van der Waals surface area contributed by atoms with Gasteiger partial charge >= 0.3 is 0 Å². The SMILES string of the molecule is CC(C)Oc1ccc(F)cc1NC(=O)c1n[nH]c2c1CNCC2. The van der Waals surface area contributed by atoms with Crippen LogP contribution in [0.1, 0.15) is 35.6 Å². The summed E-state index contributed by atoms with van der Waals surface area (Å²) in [5, 5.41) is 12.9. The fourth-order valence-corrected chi connectivity index (χ4v) is 2.55. The number of amides is 1. The van der Waals surface area contributed by atoms with Crippen LogP contribution in [0.25, 0.3) is 0 Å². The van der Waals surface area contributed by atoms with Crippen molar-refractivity contribution < 1.29 is 13.9 Å². The summed E-state index contributed by atoms with van der Waals surface area (Å²) in [6.07, 6.45) is 0.718. The Morgan fingerprint density at radius 2 is 2.26 bits per heavy atom. The lowest BCUT2D eigenvalue weighted by molar-refractivity contribution is 0.102. The molecule has 1 aliphatic rings. The highest BCUT2D eigenvalue weighted by molar-refractivity contribution is 6.04. The Kier molecular flexibility index (Phi) is 4.29. The maximum atomic E-state index is 13.5. The largest absolute Gasteiger partial charge is 0.489 e. The molecule has 1 amide bonds. The Hall–Kier alpha value is -2.41. The van der Waals surface area contributed by atoms with E-state index in [2.05, 4.69) is 20.8 Å². The summed E-state index contributed by atoms with van der Waals surface area (Å²) in [6.45, 7) is 5.18. The van der Waals surface area contributed by atoms with Gasteiger partial charge in [0.25, 0.3) is 5.91 Å². The van der Waals surface area contributed by atoms with Gasteiger partial charge in [0.15, 0.2) is 5.69 Å². The number of H-pyrrole nitrogens is 1. The fourth-order valence-electron chi connectivity index (χ4n) is 2.55. The Morgan fingerprint density at radius 1 is 1.43 bits per heavy atom. The van der Waals surface area contributed by atoms with Gasteiger partial charge in [-0.2, -0.15) is 5.10 Å². The van der Waals surface area contributed by atoms with E-state index < -0.39 is 5.82 Å². The molecule has 1 aromatic heterocycles. The number of aromatic nitrogens is 2. The van der Waals surface area contributed by atoms with Crippen LogP contribution in [0.2, 0.25) is 0 Å². The number of halogens is 1. The number of carbonyl (C=O) groups excluding carboxylic acids is 1. The van der Waals surface area contributed by atoms with Crippen molar-refractivity contribution in [3.05, 3.63) is 41.0 Å². The minimum absolute atomic E-state index is 0.0848. The molecule has 3 rings (SSSR count). The minimum atomic E-state index is -0.442. The molecule has 0 aliphatic carbocycles. The molecule has 2 aromatic rings. The summed E-state index contributed by atoms with van der Waals surface area (Å²) in [5.74, 6) is -0.398. The topological polar surface area (TPSA) is 79.0 Å². The first-order chi connectivity index (χ1) is 11.0. The molecule has 122 valence electrons. The molecule has 23 heavy (non-hydrogen) atoms. The van der Waals surface area contributed by atoms with E-state index >= 15 is 0 Å². The summed E-state index contributed by atoms with van der Waals surface area (Å²) < 4.78 is 19.1. The number of fused-ring (bicyclic) bond motifs is 1. The number of rotatable bonds is 4. The quantitative estimate of drug-likeness (QED) is 0.808. The normalized spacial score (nSPS) is 13.7. The van der Waals surface area contributed by atoms with Crippen molar-refractivity contribution in [2.75, 3.05) is 11.9 Å². The van der Waals surface area contributed by atoms with E-state index in [0.29, 0.717) is 23.7 Å². The summed E-state index contributed by atoms with van der Waals surface area (Å²) in [4.78, 5) is 12.5. The zero-order valence-corrected chi connectivity index (χ0v) is 13.1. The number of anilines is 1. The third-order valence-electron chi connectivity index (χ3n) is 3.57. The Balaban J connectivity index is 1.85. The highest BCUT2D eigenvalue weighted by atomic mass is 19.1. The zero-order chi connectivity index (χ0) is 16.4. The summed E-state index contributed by atoms with van der Waals surface area (Å²) in [6, 6.07) is 4.05. The maximum Gasteiger partial charge on any atom is 0.276 e.